The van der Waals surface area contributed by atoms with E-state index in [1.807, 2.05) is 13.8 Å². The predicted molar refractivity (Wildman–Crippen MR) is 119 cm³/mol. The Morgan fingerprint density at radius 3 is 2.47 bits per heavy atom. The van der Waals surface area contributed by atoms with Gasteiger partial charge in [-0.05, 0) is 57.9 Å². The number of carbonyl (C=O) groups excluding carboxylic acids is 2. The molecule has 2 rings (SSSR count). The van der Waals surface area contributed by atoms with E-state index in [1.165, 1.54) is 47.0 Å². The Balaban J connectivity index is 2.40. The van der Waals surface area contributed by atoms with Gasteiger partial charge in [0.1, 0.15) is 5.00 Å². The number of hydrogen-bond acceptors (Lipinski definition) is 6. The molecule has 1 aromatic carbocycles. The van der Waals surface area contributed by atoms with Crippen molar-refractivity contribution in [3.63, 3.8) is 0 Å². The molecule has 164 valence electrons. The Morgan fingerprint density at radius 2 is 1.90 bits per heavy atom. The molecule has 0 bridgehead atoms. The molecular weight excluding hydrogens is 424 g/mol. The monoisotopic (exact) mass is 452 g/mol. The van der Waals surface area contributed by atoms with Gasteiger partial charge in [-0.15, -0.1) is 11.3 Å². The summed E-state index contributed by atoms with van der Waals surface area (Å²) in [5.74, 6) is -0.974. The van der Waals surface area contributed by atoms with Crippen LogP contribution in [-0.4, -0.2) is 44.3 Å². The number of carbonyl (C=O) groups is 2. The second-order valence-electron chi connectivity index (χ2n) is 7.01. The third-order valence-corrected chi connectivity index (χ3v) is 7.86. The van der Waals surface area contributed by atoms with Gasteiger partial charge in [-0.25, -0.2) is 13.2 Å². The minimum absolute atomic E-state index is 0.0357. The van der Waals surface area contributed by atoms with Crippen molar-refractivity contribution >= 4 is 38.2 Å². The number of amides is 1. The van der Waals surface area contributed by atoms with Crippen LogP contribution in [0.3, 0.4) is 0 Å². The first kappa shape index (κ1) is 24.0. The highest BCUT2D eigenvalue weighted by Gasteiger charge is 2.26. The third-order valence-electron chi connectivity index (χ3n) is 4.77. The van der Waals surface area contributed by atoms with Crippen LogP contribution in [0.25, 0.3) is 0 Å². The molecule has 30 heavy (non-hydrogen) atoms. The summed E-state index contributed by atoms with van der Waals surface area (Å²) in [6.45, 7) is 9.32. The maximum Gasteiger partial charge on any atom is 0.341 e. The molecule has 1 amide bonds. The lowest BCUT2D eigenvalue weighted by molar-refractivity contribution is 0.0527. The molecule has 0 spiro atoms. The molecule has 0 radical (unpaired) electrons. The molecule has 0 saturated carbocycles. The molecule has 0 saturated heterocycles. The predicted octanol–water partition coefficient (Wildman–Crippen LogP) is 4.08. The van der Waals surface area contributed by atoms with Crippen molar-refractivity contribution in [3.8, 4) is 0 Å². The Hall–Kier alpha value is -2.23. The van der Waals surface area contributed by atoms with Crippen LogP contribution in [0.1, 0.15) is 58.9 Å². The molecule has 1 aromatic heterocycles. The van der Waals surface area contributed by atoms with Gasteiger partial charge in [0.15, 0.2) is 0 Å². The van der Waals surface area contributed by atoms with E-state index in [1.54, 1.807) is 20.8 Å². The third kappa shape index (κ3) is 4.91. The van der Waals surface area contributed by atoms with Crippen molar-refractivity contribution in [2.24, 2.45) is 0 Å². The highest BCUT2D eigenvalue weighted by Crippen LogP contribution is 2.34. The number of ether oxygens (including phenoxy) is 1. The number of benzene rings is 1. The second-order valence-corrected chi connectivity index (χ2v) is 10.2. The highest BCUT2D eigenvalue weighted by atomic mass is 32.2. The van der Waals surface area contributed by atoms with Gasteiger partial charge in [-0.1, -0.05) is 13.0 Å². The number of anilines is 1. The summed E-state index contributed by atoms with van der Waals surface area (Å²) < 4.78 is 31.9. The first-order chi connectivity index (χ1) is 14.0. The van der Waals surface area contributed by atoms with Crippen molar-refractivity contribution < 1.29 is 22.7 Å². The van der Waals surface area contributed by atoms with E-state index >= 15 is 0 Å². The van der Waals surface area contributed by atoms with Crippen LogP contribution in [0.15, 0.2) is 29.2 Å². The SMILES string of the molecule is CCOC(=O)c1c(NC(=O)c2cccc(S(=O)(=O)N(C)C(C)C)c2)sc(C)c1CC. The minimum atomic E-state index is -3.72. The quantitative estimate of drug-likeness (QED) is 0.609. The standard InChI is InChI=1S/C21H28N2O5S2/c1-7-17-14(5)29-20(18(17)21(25)28-8-2)22-19(24)15-10-9-11-16(12-15)30(26,27)23(6)13(3)4/h9-13H,7-8H2,1-6H3,(H,22,24). The van der Waals surface area contributed by atoms with Crippen molar-refractivity contribution in [1.82, 2.24) is 4.31 Å². The summed E-state index contributed by atoms with van der Waals surface area (Å²) in [6, 6.07) is 5.64. The molecule has 1 heterocycles. The zero-order valence-electron chi connectivity index (χ0n) is 18.1. The van der Waals surface area contributed by atoms with E-state index in [0.717, 1.165) is 10.4 Å². The van der Waals surface area contributed by atoms with Crippen LogP contribution in [0.2, 0.25) is 0 Å². The van der Waals surface area contributed by atoms with Gasteiger partial charge in [0, 0.05) is 23.5 Å². The van der Waals surface area contributed by atoms with Crippen LogP contribution >= 0.6 is 11.3 Å². The molecule has 0 aliphatic carbocycles. The van der Waals surface area contributed by atoms with Crippen LogP contribution in [0.5, 0.6) is 0 Å². The number of hydrogen-bond donors (Lipinski definition) is 1. The summed E-state index contributed by atoms with van der Waals surface area (Å²) >= 11 is 1.30. The van der Waals surface area contributed by atoms with Gasteiger partial charge in [-0.2, -0.15) is 4.31 Å². The second kappa shape index (κ2) is 9.72. The maximum absolute atomic E-state index is 12.9. The van der Waals surface area contributed by atoms with E-state index < -0.39 is 21.9 Å². The van der Waals surface area contributed by atoms with Crippen molar-refractivity contribution in [3.05, 3.63) is 45.8 Å². The van der Waals surface area contributed by atoms with Gasteiger partial charge < -0.3 is 10.1 Å². The molecule has 0 aliphatic rings. The summed E-state index contributed by atoms with van der Waals surface area (Å²) in [7, 11) is -2.22. The highest BCUT2D eigenvalue weighted by molar-refractivity contribution is 7.89. The molecule has 0 fully saturated rings. The number of nitrogens with one attached hydrogen (secondary N) is 1. The van der Waals surface area contributed by atoms with Gasteiger partial charge in [-0.3, -0.25) is 4.79 Å². The zero-order chi connectivity index (χ0) is 22.6. The fraction of sp³-hybridized carbons (Fsp3) is 0.429. The van der Waals surface area contributed by atoms with E-state index in [9.17, 15) is 18.0 Å². The number of sulfonamides is 1. The number of thiophene rings is 1. The molecule has 0 aliphatic heterocycles. The van der Waals surface area contributed by atoms with E-state index in [2.05, 4.69) is 5.32 Å². The van der Waals surface area contributed by atoms with Crippen molar-refractivity contribution in [2.75, 3.05) is 19.0 Å². The minimum Gasteiger partial charge on any atom is -0.462 e. The number of aryl methyl sites for hydroxylation is 1. The van der Waals surface area contributed by atoms with E-state index in [-0.39, 0.29) is 23.1 Å². The van der Waals surface area contributed by atoms with E-state index in [4.69, 9.17) is 4.74 Å². The smallest absolute Gasteiger partial charge is 0.341 e. The van der Waals surface area contributed by atoms with Crippen LogP contribution in [0, 0.1) is 6.92 Å². The number of nitrogens with zero attached hydrogens (tertiary/aromatic N) is 1. The first-order valence-corrected chi connectivity index (χ1v) is 12.0. The van der Waals surface area contributed by atoms with Gasteiger partial charge in [0.25, 0.3) is 5.91 Å². The molecule has 0 unspecified atom stereocenters. The molecule has 9 heteroatoms. The van der Waals surface area contributed by atoms with Gasteiger partial charge >= 0.3 is 5.97 Å². The maximum atomic E-state index is 12.9. The fourth-order valence-corrected chi connectivity index (χ4v) is 5.47. The summed E-state index contributed by atoms with van der Waals surface area (Å²) in [5, 5.41) is 3.17. The number of esters is 1. The summed E-state index contributed by atoms with van der Waals surface area (Å²) in [5.41, 5.74) is 1.38. The summed E-state index contributed by atoms with van der Waals surface area (Å²) in [4.78, 5) is 26.3. The van der Waals surface area contributed by atoms with Gasteiger partial charge in [0.2, 0.25) is 10.0 Å². The molecule has 1 N–H and O–H groups in total. The van der Waals surface area contributed by atoms with Crippen molar-refractivity contribution in [2.45, 2.75) is 52.0 Å². The molecular formula is C21H28N2O5S2. The first-order valence-electron chi connectivity index (χ1n) is 9.73. The van der Waals surface area contributed by atoms with Crippen LogP contribution in [-0.2, 0) is 21.2 Å². The molecule has 2 aromatic rings. The Labute approximate surface area is 182 Å². The average Bonchev–Trinajstić information content (AvgIpc) is 3.02. The van der Waals surface area contributed by atoms with Gasteiger partial charge in [0.05, 0.1) is 17.1 Å². The Kier molecular flexibility index (Phi) is 7.79. The lowest BCUT2D eigenvalue weighted by Crippen LogP contribution is -2.33. The van der Waals surface area contributed by atoms with Crippen LogP contribution in [0.4, 0.5) is 5.00 Å². The lowest BCUT2D eigenvalue weighted by Gasteiger charge is -2.21. The molecule has 0 atom stereocenters. The summed E-state index contributed by atoms with van der Waals surface area (Å²) in [6.07, 6.45) is 0.627. The largest absolute Gasteiger partial charge is 0.462 e. The normalized spacial score (nSPS) is 11.7. The Morgan fingerprint density at radius 1 is 1.23 bits per heavy atom. The van der Waals surface area contributed by atoms with Crippen molar-refractivity contribution in [1.29, 1.82) is 0 Å². The topological polar surface area (TPSA) is 92.8 Å². The average molecular weight is 453 g/mol. The lowest BCUT2D eigenvalue weighted by atomic mass is 10.1. The zero-order valence-corrected chi connectivity index (χ0v) is 19.7. The fourth-order valence-electron chi connectivity index (χ4n) is 2.93. The number of rotatable bonds is 8. The molecule has 7 nitrogen and oxygen atoms in total. The van der Waals surface area contributed by atoms with Crippen LogP contribution < -0.4 is 5.32 Å². The van der Waals surface area contributed by atoms with E-state index in [0.29, 0.717) is 17.0 Å². The Bertz CT molecular complexity index is 1040.